The van der Waals surface area contributed by atoms with Crippen molar-refractivity contribution in [2.45, 2.75) is 19.3 Å². The molecule has 9 rings (SSSR count). The highest BCUT2D eigenvalue weighted by molar-refractivity contribution is 6.11. The molecule has 0 atom stereocenters. The molecule has 0 bridgehead atoms. The molecule has 2 heteroatoms. The minimum atomic E-state index is -0.139. The van der Waals surface area contributed by atoms with E-state index in [1.165, 1.54) is 72.0 Å². The van der Waals surface area contributed by atoms with Crippen LogP contribution < -0.4 is 5.32 Å². The number of anilines is 2. The lowest BCUT2D eigenvalue weighted by Crippen LogP contribution is -2.15. The molecular weight excluding hydrogens is 569 g/mol. The number of aromatic nitrogens is 1. The SMILES string of the molecule is CC1(C)c2ccccc2-c2c(-c3ccc4c5ccccc5n(-c5ccccc5)c4c3)cc(Nc3ccccc3-c3ccccc3)cc21. The van der Waals surface area contributed by atoms with E-state index in [9.17, 15) is 0 Å². The van der Waals surface area contributed by atoms with Crippen LogP contribution in [0, 0.1) is 0 Å². The van der Waals surface area contributed by atoms with Crippen LogP contribution in [0.25, 0.3) is 60.9 Å². The summed E-state index contributed by atoms with van der Waals surface area (Å²) in [5.41, 5.74) is 15.8. The molecule has 0 aliphatic heterocycles. The zero-order chi connectivity index (χ0) is 31.5. The Morgan fingerprint density at radius 1 is 0.468 bits per heavy atom. The lowest BCUT2D eigenvalue weighted by molar-refractivity contribution is 0.661. The van der Waals surface area contributed by atoms with Gasteiger partial charge in [0.2, 0.25) is 0 Å². The summed E-state index contributed by atoms with van der Waals surface area (Å²) in [6, 6.07) is 59.4. The van der Waals surface area contributed by atoms with Gasteiger partial charge < -0.3 is 9.88 Å². The minimum Gasteiger partial charge on any atom is -0.355 e. The maximum atomic E-state index is 3.87. The van der Waals surface area contributed by atoms with Crippen molar-refractivity contribution in [2.75, 3.05) is 5.32 Å². The Morgan fingerprint density at radius 3 is 1.96 bits per heavy atom. The molecule has 0 radical (unpaired) electrons. The van der Waals surface area contributed by atoms with Crippen molar-refractivity contribution in [1.29, 1.82) is 0 Å². The average molecular weight is 603 g/mol. The number of hydrogen-bond acceptors (Lipinski definition) is 1. The number of fused-ring (bicyclic) bond motifs is 6. The van der Waals surface area contributed by atoms with Crippen LogP contribution in [0.15, 0.2) is 164 Å². The lowest BCUT2D eigenvalue weighted by Gasteiger charge is -2.23. The fourth-order valence-electron chi connectivity index (χ4n) is 7.73. The van der Waals surface area contributed by atoms with Crippen LogP contribution in [0.5, 0.6) is 0 Å². The van der Waals surface area contributed by atoms with Crippen molar-refractivity contribution < 1.29 is 0 Å². The summed E-state index contributed by atoms with van der Waals surface area (Å²) in [4.78, 5) is 0. The first kappa shape index (κ1) is 27.5. The quantitative estimate of drug-likeness (QED) is 0.207. The van der Waals surface area contributed by atoms with Gasteiger partial charge in [-0.1, -0.05) is 135 Å². The first-order chi connectivity index (χ1) is 23.1. The zero-order valence-electron chi connectivity index (χ0n) is 26.5. The van der Waals surface area contributed by atoms with E-state index < -0.39 is 0 Å². The van der Waals surface area contributed by atoms with E-state index >= 15 is 0 Å². The Balaban J connectivity index is 1.29. The van der Waals surface area contributed by atoms with Gasteiger partial charge in [0.15, 0.2) is 0 Å². The molecule has 7 aromatic carbocycles. The summed E-state index contributed by atoms with van der Waals surface area (Å²) >= 11 is 0. The number of para-hydroxylation sites is 3. The largest absolute Gasteiger partial charge is 0.355 e. The first-order valence-corrected chi connectivity index (χ1v) is 16.4. The highest BCUT2D eigenvalue weighted by Gasteiger charge is 2.37. The Kier molecular flexibility index (Phi) is 6.20. The summed E-state index contributed by atoms with van der Waals surface area (Å²) in [7, 11) is 0. The van der Waals surface area contributed by atoms with Crippen LogP contribution in [0.3, 0.4) is 0 Å². The van der Waals surface area contributed by atoms with Crippen molar-refractivity contribution in [3.05, 3.63) is 175 Å². The fourth-order valence-corrected chi connectivity index (χ4v) is 7.73. The third-order valence-electron chi connectivity index (χ3n) is 9.97. The number of benzene rings is 7. The Morgan fingerprint density at radius 2 is 1.13 bits per heavy atom. The average Bonchev–Trinajstić information content (AvgIpc) is 3.57. The molecule has 2 nitrogen and oxygen atoms in total. The topological polar surface area (TPSA) is 17.0 Å². The second-order valence-electron chi connectivity index (χ2n) is 13.1. The van der Waals surface area contributed by atoms with E-state index in [1.807, 2.05) is 0 Å². The summed E-state index contributed by atoms with van der Waals surface area (Å²) < 4.78 is 2.41. The lowest BCUT2D eigenvalue weighted by atomic mass is 9.81. The predicted octanol–water partition coefficient (Wildman–Crippen LogP) is 12.2. The normalized spacial score (nSPS) is 13.1. The Labute approximate surface area is 275 Å². The predicted molar refractivity (Wildman–Crippen MR) is 199 cm³/mol. The van der Waals surface area contributed by atoms with Crippen LogP contribution in [0.4, 0.5) is 11.4 Å². The van der Waals surface area contributed by atoms with Gasteiger partial charge in [0.25, 0.3) is 0 Å². The molecule has 0 spiro atoms. The van der Waals surface area contributed by atoms with E-state index in [2.05, 4.69) is 188 Å². The van der Waals surface area contributed by atoms with Gasteiger partial charge in [-0.2, -0.15) is 0 Å². The standard InChI is InChI=1S/C45H34N2/c1-45(2)39-22-12-9-21-37(39)44-38(28-32(29-40(44)45)46-41-23-13-10-19-34(41)30-15-5-3-6-16-30)31-25-26-36-35-20-11-14-24-42(35)47(43(36)27-31)33-17-7-4-8-18-33/h3-29,46H,1-2H3. The van der Waals surface area contributed by atoms with Gasteiger partial charge in [-0.3, -0.25) is 0 Å². The summed E-state index contributed by atoms with van der Waals surface area (Å²) in [6.45, 7) is 4.72. The third-order valence-corrected chi connectivity index (χ3v) is 9.97. The van der Waals surface area contributed by atoms with Gasteiger partial charge in [0.05, 0.1) is 11.0 Å². The molecular formula is C45H34N2. The Hall–Kier alpha value is -5.86. The van der Waals surface area contributed by atoms with Crippen LogP contribution in [0.1, 0.15) is 25.0 Å². The molecule has 1 aromatic heterocycles. The highest BCUT2D eigenvalue weighted by atomic mass is 15.0. The summed E-state index contributed by atoms with van der Waals surface area (Å²) in [5, 5.41) is 6.39. The second-order valence-corrected chi connectivity index (χ2v) is 13.1. The molecule has 0 fully saturated rings. The molecule has 47 heavy (non-hydrogen) atoms. The van der Waals surface area contributed by atoms with Crippen LogP contribution >= 0.6 is 0 Å². The molecule has 1 heterocycles. The maximum absolute atomic E-state index is 3.87. The molecule has 1 N–H and O–H groups in total. The van der Waals surface area contributed by atoms with Gasteiger partial charge in [0.1, 0.15) is 0 Å². The van der Waals surface area contributed by atoms with E-state index in [1.54, 1.807) is 0 Å². The van der Waals surface area contributed by atoms with Crippen molar-refractivity contribution >= 4 is 33.2 Å². The van der Waals surface area contributed by atoms with E-state index in [0.717, 1.165) is 11.4 Å². The van der Waals surface area contributed by atoms with E-state index in [0.29, 0.717) is 0 Å². The molecule has 0 saturated carbocycles. The number of hydrogen-bond donors (Lipinski definition) is 1. The smallest absolute Gasteiger partial charge is 0.0547 e. The van der Waals surface area contributed by atoms with Gasteiger partial charge in [-0.25, -0.2) is 0 Å². The van der Waals surface area contributed by atoms with Gasteiger partial charge >= 0.3 is 0 Å². The van der Waals surface area contributed by atoms with E-state index in [-0.39, 0.29) is 5.41 Å². The van der Waals surface area contributed by atoms with Crippen molar-refractivity contribution in [2.24, 2.45) is 0 Å². The van der Waals surface area contributed by atoms with Gasteiger partial charge in [-0.05, 0) is 81.4 Å². The highest BCUT2D eigenvalue weighted by Crippen LogP contribution is 2.53. The second kappa shape index (κ2) is 10.6. The molecule has 8 aromatic rings. The van der Waals surface area contributed by atoms with Crippen LogP contribution in [-0.4, -0.2) is 4.57 Å². The number of nitrogens with one attached hydrogen (secondary N) is 1. The molecule has 1 aliphatic carbocycles. The fraction of sp³-hybridized carbons (Fsp3) is 0.0667. The summed E-state index contributed by atoms with van der Waals surface area (Å²) in [6.07, 6.45) is 0. The molecule has 0 saturated heterocycles. The van der Waals surface area contributed by atoms with Crippen molar-refractivity contribution in [1.82, 2.24) is 4.57 Å². The zero-order valence-corrected chi connectivity index (χ0v) is 26.5. The molecule has 0 amide bonds. The first-order valence-electron chi connectivity index (χ1n) is 16.4. The van der Waals surface area contributed by atoms with Crippen LogP contribution in [0.2, 0.25) is 0 Å². The summed E-state index contributed by atoms with van der Waals surface area (Å²) in [5.74, 6) is 0. The maximum Gasteiger partial charge on any atom is 0.0547 e. The molecule has 0 unspecified atom stereocenters. The molecule has 1 aliphatic rings. The van der Waals surface area contributed by atoms with Crippen molar-refractivity contribution in [3.63, 3.8) is 0 Å². The van der Waals surface area contributed by atoms with Gasteiger partial charge in [-0.15, -0.1) is 0 Å². The molecule has 224 valence electrons. The monoisotopic (exact) mass is 602 g/mol. The third kappa shape index (κ3) is 4.33. The Bertz CT molecular complexity index is 2450. The van der Waals surface area contributed by atoms with Crippen LogP contribution in [-0.2, 0) is 5.41 Å². The number of rotatable bonds is 5. The number of nitrogens with zero attached hydrogens (tertiary/aromatic N) is 1. The minimum absolute atomic E-state index is 0.139. The van der Waals surface area contributed by atoms with Gasteiger partial charge in [0, 0.05) is 38.8 Å². The van der Waals surface area contributed by atoms with Crippen molar-refractivity contribution in [3.8, 4) is 39.1 Å². The van der Waals surface area contributed by atoms with E-state index in [4.69, 9.17) is 0 Å².